The molecule has 0 radical (unpaired) electrons. The van der Waals surface area contributed by atoms with E-state index in [4.69, 9.17) is 4.74 Å². The van der Waals surface area contributed by atoms with Crippen molar-refractivity contribution >= 4 is 42.4 Å². The Morgan fingerprint density at radius 1 is 0.906 bits per heavy atom. The number of nitrogens with one attached hydrogen (secondary N) is 1. The number of hydrogen-bond acceptors (Lipinski definition) is 5. The average Bonchev–Trinajstić information content (AvgIpc) is 2.76. The minimum Gasteiger partial charge on any atom is -0.462 e. The second-order valence-corrected chi connectivity index (χ2v) is 7.55. The summed E-state index contributed by atoms with van der Waals surface area (Å²) >= 11 is 0. The molecular weight excluding hydrogens is 449 g/mol. The molecule has 0 aromatic heterocycles. The number of piperazine rings is 1. The van der Waals surface area contributed by atoms with Gasteiger partial charge in [0.25, 0.3) is 0 Å². The number of carbonyl (C=O) groups excluding carboxylic acids is 2. The number of rotatable bonds is 9. The van der Waals surface area contributed by atoms with Crippen LogP contribution in [0.2, 0.25) is 0 Å². The summed E-state index contributed by atoms with van der Waals surface area (Å²) in [5.41, 5.74) is 2.54. The molecular formula is C24H33Cl2N3O3. The van der Waals surface area contributed by atoms with Crippen LogP contribution in [0.15, 0.2) is 54.6 Å². The van der Waals surface area contributed by atoms with Crippen LogP contribution in [0, 0.1) is 0 Å². The van der Waals surface area contributed by atoms with Gasteiger partial charge in [-0.3, -0.25) is 9.69 Å². The number of halogens is 2. The first kappa shape index (κ1) is 27.9. The van der Waals surface area contributed by atoms with Gasteiger partial charge < -0.3 is 15.0 Å². The highest BCUT2D eigenvalue weighted by Gasteiger charge is 2.17. The standard InChI is InChI=1S/C24H31N3O3.2ClH/c1-2-30-24(29)21-10-12-22(13-11-21)25-23(28)9-6-14-26-15-17-27(18-16-26)19-20-7-4-3-5-8-20;;/h3-5,7-8,10-13H,2,6,9,14-19H2,1H3,(H,25,28);2*1H. The summed E-state index contributed by atoms with van der Waals surface area (Å²) in [5.74, 6) is -0.346. The number of carbonyl (C=O) groups is 2. The van der Waals surface area contributed by atoms with Crippen LogP contribution in [-0.4, -0.2) is 61.0 Å². The van der Waals surface area contributed by atoms with Crippen LogP contribution in [0.3, 0.4) is 0 Å². The van der Waals surface area contributed by atoms with Gasteiger partial charge >= 0.3 is 5.97 Å². The van der Waals surface area contributed by atoms with Gasteiger partial charge in [-0.05, 0) is 49.7 Å². The van der Waals surface area contributed by atoms with Crippen LogP contribution in [0.5, 0.6) is 0 Å². The number of hydrogen-bond donors (Lipinski definition) is 1. The maximum atomic E-state index is 12.2. The van der Waals surface area contributed by atoms with E-state index in [1.165, 1.54) is 5.56 Å². The lowest BCUT2D eigenvalue weighted by atomic mass is 10.2. The van der Waals surface area contributed by atoms with Crippen molar-refractivity contribution in [3.8, 4) is 0 Å². The van der Waals surface area contributed by atoms with Crippen molar-refractivity contribution in [3.05, 3.63) is 65.7 Å². The highest BCUT2D eigenvalue weighted by atomic mass is 35.5. The fourth-order valence-corrected chi connectivity index (χ4v) is 3.60. The first-order valence-electron chi connectivity index (χ1n) is 10.7. The van der Waals surface area contributed by atoms with Crippen molar-refractivity contribution < 1.29 is 14.3 Å². The Balaban J connectivity index is 0.00000256. The number of nitrogens with zero attached hydrogens (tertiary/aromatic N) is 2. The molecule has 1 N–H and O–H groups in total. The number of amides is 1. The number of esters is 1. The first-order chi connectivity index (χ1) is 14.6. The summed E-state index contributed by atoms with van der Waals surface area (Å²) in [5, 5.41) is 2.89. The fourth-order valence-electron chi connectivity index (χ4n) is 3.60. The van der Waals surface area contributed by atoms with Crippen molar-refractivity contribution in [1.82, 2.24) is 9.80 Å². The molecule has 6 nitrogen and oxygen atoms in total. The third kappa shape index (κ3) is 9.17. The third-order valence-corrected chi connectivity index (χ3v) is 5.27. The summed E-state index contributed by atoms with van der Waals surface area (Å²) in [6, 6.07) is 17.4. The molecule has 0 bridgehead atoms. The Morgan fingerprint density at radius 3 is 2.16 bits per heavy atom. The van der Waals surface area contributed by atoms with Crippen molar-refractivity contribution in [1.29, 1.82) is 0 Å². The number of anilines is 1. The molecule has 1 heterocycles. The Morgan fingerprint density at radius 2 is 1.53 bits per heavy atom. The van der Waals surface area contributed by atoms with Gasteiger partial charge in [0.05, 0.1) is 12.2 Å². The van der Waals surface area contributed by atoms with Gasteiger partial charge in [-0.2, -0.15) is 0 Å². The number of benzene rings is 2. The van der Waals surface area contributed by atoms with E-state index in [0.717, 1.165) is 45.7 Å². The van der Waals surface area contributed by atoms with E-state index in [-0.39, 0.29) is 36.7 Å². The van der Waals surface area contributed by atoms with E-state index in [1.54, 1.807) is 31.2 Å². The molecule has 2 aromatic carbocycles. The largest absolute Gasteiger partial charge is 0.462 e. The highest BCUT2D eigenvalue weighted by molar-refractivity contribution is 5.93. The molecule has 0 unspecified atom stereocenters. The molecule has 32 heavy (non-hydrogen) atoms. The Bertz CT molecular complexity index is 811. The fraction of sp³-hybridized carbons (Fsp3) is 0.417. The van der Waals surface area contributed by atoms with Gasteiger partial charge in [-0.25, -0.2) is 4.79 Å². The zero-order chi connectivity index (χ0) is 21.2. The van der Waals surface area contributed by atoms with Crippen LogP contribution in [0.1, 0.15) is 35.7 Å². The molecule has 3 rings (SSSR count). The maximum absolute atomic E-state index is 12.2. The smallest absolute Gasteiger partial charge is 0.338 e. The van der Waals surface area contributed by atoms with Gasteiger partial charge in [0.1, 0.15) is 0 Å². The zero-order valence-corrected chi connectivity index (χ0v) is 20.1. The molecule has 0 saturated carbocycles. The van der Waals surface area contributed by atoms with E-state index in [1.807, 2.05) is 0 Å². The lowest BCUT2D eigenvalue weighted by Crippen LogP contribution is -2.46. The van der Waals surface area contributed by atoms with E-state index in [9.17, 15) is 9.59 Å². The minimum atomic E-state index is -0.348. The van der Waals surface area contributed by atoms with Crippen molar-refractivity contribution in [2.75, 3.05) is 44.6 Å². The van der Waals surface area contributed by atoms with E-state index in [0.29, 0.717) is 24.3 Å². The molecule has 1 aliphatic heterocycles. The summed E-state index contributed by atoms with van der Waals surface area (Å²) in [6.07, 6.45) is 1.33. The van der Waals surface area contributed by atoms with Gasteiger partial charge in [0, 0.05) is 44.8 Å². The Labute approximate surface area is 203 Å². The Hall–Kier alpha value is -2.12. The molecule has 0 atom stereocenters. The van der Waals surface area contributed by atoms with E-state index < -0.39 is 0 Å². The van der Waals surface area contributed by atoms with Gasteiger partial charge in [0.15, 0.2) is 0 Å². The summed E-state index contributed by atoms with van der Waals surface area (Å²) in [4.78, 5) is 28.8. The highest BCUT2D eigenvalue weighted by Crippen LogP contribution is 2.12. The molecule has 1 fully saturated rings. The second kappa shape index (κ2) is 14.9. The number of ether oxygens (including phenoxy) is 1. The van der Waals surface area contributed by atoms with Gasteiger partial charge in [-0.1, -0.05) is 30.3 Å². The molecule has 8 heteroatoms. The van der Waals surface area contributed by atoms with Gasteiger partial charge in [0.2, 0.25) is 5.91 Å². The minimum absolute atomic E-state index is 0. The van der Waals surface area contributed by atoms with Crippen LogP contribution >= 0.6 is 24.8 Å². The monoisotopic (exact) mass is 481 g/mol. The molecule has 1 saturated heterocycles. The normalized spacial score (nSPS) is 14.0. The molecule has 1 aliphatic rings. The molecule has 176 valence electrons. The average molecular weight is 482 g/mol. The topological polar surface area (TPSA) is 61.9 Å². The molecule has 0 aliphatic carbocycles. The van der Waals surface area contributed by atoms with E-state index in [2.05, 4.69) is 45.4 Å². The summed E-state index contributed by atoms with van der Waals surface area (Å²) < 4.78 is 4.96. The van der Waals surface area contributed by atoms with Crippen LogP contribution in [-0.2, 0) is 16.1 Å². The molecule has 1 amide bonds. The van der Waals surface area contributed by atoms with E-state index >= 15 is 0 Å². The predicted molar refractivity (Wildman–Crippen MR) is 133 cm³/mol. The maximum Gasteiger partial charge on any atom is 0.338 e. The van der Waals surface area contributed by atoms with Gasteiger partial charge in [-0.15, -0.1) is 24.8 Å². The second-order valence-electron chi connectivity index (χ2n) is 7.55. The Kier molecular flexibility index (Phi) is 13.0. The van der Waals surface area contributed by atoms with Crippen molar-refractivity contribution in [2.45, 2.75) is 26.3 Å². The van der Waals surface area contributed by atoms with Crippen LogP contribution < -0.4 is 5.32 Å². The summed E-state index contributed by atoms with van der Waals surface area (Å²) in [6.45, 7) is 8.28. The predicted octanol–water partition coefficient (Wildman–Crippen LogP) is 4.24. The first-order valence-corrected chi connectivity index (χ1v) is 10.7. The van der Waals surface area contributed by atoms with Crippen LogP contribution in [0.4, 0.5) is 5.69 Å². The quantitative estimate of drug-likeness (QED) is 0.542. The van der Waals surface area contributed by atoms with Crippen molar-refractivity contribution in [3.63, 3.8) is 0 Å². The van der Waals surface area contributed by atoms with Crippen LogP contribution in [0.25, 0.3) is 0 Å². The molecule has 0 spiro atoms. The third-order valence-electron chi connectivity index (χ3n) is 5.27. The lowest BCUT2D eigenvalue weighted by molar-refractivity contribution is -0.116. The van der Waals surface area contributed by atoms with Crippen molar-refractivity contribution in [2.24, 2.45) is 0 Å². The summed E-state index contributed by atoms with van der Waals surface area (Å²) in [7, 11) is 0. The molecule has 2 aromatic rings. The lowest BCUT2D eigenvalue weighted by Gasteiger charge is -2.34. The SMILES string of the molecule is CCOC(=O)c1ccc(NC(=O)CCCN2CCN(Cc3ccccc3)CC2)cc1.Cl.Cl. The zero-order valence-electron chi connectivity index (χ0n) is 18.5.